The molecule has 0 aromatic heterocycles. The van der Waals surface area contributed by atoms with E-state index in [9.17, 15) is 17.6 Å². The largest absolute Gasteiger partial charge is 0.373 e. The maximum Gasteiger partial charge on any atom is 0.270 e. The molecule has 0 unspecified atom stereocenters. The van der Waals surface area contributed by atoms with Crippen LogP contribution in [0.5, 0.6) is 0 Å². The normalized spacial score (nSPS) is 13.1. The van der Waals surface area contributed by atoms with Crippen LogP contribution in [0.1, 0.15) is 26.7 Å². The minimum absolute atomic E-state index is 0.102. The van der Waals surface area contributed by atoms with Crippen LogP contribution in [0, 0.1) is 0 Å². The maximum atomic E-state index is 12.6. The lowest BCUT2D eigenvalue weighted by Gasteiger charge is -2.16. The van der Waals surface area contributed by atoms with Gasteiger partial charge in [0.2, 0.25) is 0 Å². The van der Waals surface area contributed by atoms with E-state index in [1.54, 1.807) is 0 Å². The summed E-state index contributed by atoms with van der Waals surface area (Å²) in [5.74, 6) is -5.71. The van der Waals surface area contributed by atoms with E-state index in [-0.39, 0.29) is 26.1 Å². The summed E-state index contributed by atoms with van der Waals surface area (Å²) in [5.41, 5.74) is 0. The van der Waals surface area contributed by atoms with Gasteiger partial charge in [0.15, 0.2) is 0 Å². The van der Waals surface area contributed by atoms with Gasteiger partial charge in [0, 0.05) is 12.8 Å². The molecule has 0 fully saturated rings. The Hall–Kier alpha value is -0.360. The number of hydrogen-bond donors (Lipinski definition) is 0. The van der Waals surface area contributed by atoms with Gasteiger partial charge in [-0.1, -0.05) is 13.8 Å². The van der Waals surface area contributed by atoms with Crippen molar-refractivity contribution in [2.24, 2.45) is 0 Å². The zero-order valence-corrected chi connectivity index (χ0v) is 9.57. The Morgan fingerprint density at radius 2 is 1.06 bits per heavy atom. The molecular weight excluding hydrogens is 228 g/mol. The number of ether oxygens (including phenoxy) is 2. The molecule has 0 N–H and O–H groups in total. The Morgan fingerprint density at radius 3 is 1.31 bits per heavy atom. The second kappa shape index (κ2) is 7.06. The zero-order valence-electron chi connectivity index (χ0n) is 9.57. The van der Waals surface area contributed by atoms with Crippen LogP contribution in [0.15, 0.2) is 0 Å². The molecule has 0 aromatic carbocycles. The van der Waals surface area contributed by atoms with Crippen molar-refractivity contribution in [2.45, 2.75) is 38.5 Å². The molecule has 0 heterocycles. The molecule has 98 valence electrons. The van der Waals surface area contributed by atoms with E-state index in [1.165, 1.54) is 13.8 Å². The lowest BCUT2D eigenvalue weighted by atomic mass is 10.3. The summed E-state index contributed by atoms with van der Waals surface area (Å²) in [7, 11) is 0. The topological polar surface area (TPSA) is 18.5 Å². The van der Waals surface area contributed by atoms with Crippen molar-refractivity contribution in [1.82, 2.24) is 0 Å². The SMILES string of the molecule is CCC(F)(F)COCCOCC(F)(F)CC. The first-order valence-electron chi connectivity index (χ1n) is 5.24. The Labute approximate surface area is 92.9 Å². The second-order valence-electron chi connectivity index (χ2n) is 3.52. The third-order valence-electron chi connectivity index (χ3n) is 2.03. The van der Waals surface area contributed by atoms with Crippen LogP contribution in [-0.2, 0) is 9.47 Å². The number of hydrogen-bond acceptors (Lipinski definition) is 2. The van der Waals surface area contributed by atoms with Gasteiger partial charge in [-0.25, -0.2) is 17.6 Å². The highest BCUT2D eigenvalue weighted by atomic mass is 19.3. The number of halogens is 4. The van der Waals surface area contributed by atoms with Crippen molar-refractivity contribution in [2.75, 3.05) is 26.4 Å². The molecule has 0 rings (SSSR count). The van der Waals surface area contributed by atoms with Crippen LogP contribution in [0.2, 0.25) is 0 Å². The standard InChI is InChI=1S/C10H18F4O2/c1-3-9(11,12)7-15-5-6-16-8-10(13,14)4-2/h3-8H2,1-2H3. The molecule has 0 spiro atoms. The van der Waals surface area contributed by atoms with Crippen LogP contribution in [0.3, 0.4) is 0 Å². The molecule has 0 amide bonds. The minimum atomic E-state index is -2.85. The van der Waals surface area contributed by atoms with E-state index in [1.807, 2.05) is 0 Å². The van der Waals surface area contributed by atoms with Crippen LogP contribution < -0.4 is 0 Å². The van der Waals surface area contributed by atoms with Crippen LogP contribution in [-0.4, -0.2) is 38.3 Å². The molecule has 0 aliphatic rings. The fraction of sp³-hybridized carbons (Fsp3) is 1.00. The third-order valence-corrected chi connectivity index (χ3v) is 2.03. The van der Waals surface area contributed by atoms with E-state index >= 15 is 0 Å². The average molecular weight is 246 g/mol. The molecule has 0 aliphatic carbocycles. The molecule has 0 atom stereocenters. The molecule has 16 heavy (non-hydrogen) atoms. The molecular formula is C10H18F4O2. The van der Waals surface area contributed by atoms with Gasteiger partial charge in [-0.2, -0.15) is 0 Å². The lowest BCUT2D eigenvalue weighted by Crippen LogP contribution is -2.26. The molecule has 0 aliphatic heterocycles. The van der Waals surface area contributed by atoms with E-state index in [0.29, 0.717) is 0 Å². The smallest absolute Gasteiger partial charge is 0.270 e. The van der Waals surface area contributed by atoms with E-state index in [4.69, 9.17) is 0 Å². The number of rotatable bonds is 9. The molecule has 2 nitrogen and oxygen atoms in total. The third kappa shape index (κ3) is 7.87. The van der Waals surface area contributed by atoms with Gasteiger partial charge in [0.05, 0.1) is 13.2 Å². The summed E-state index contributed by atoms with van der Waals surface area (Å²) < 4.78 is 59.7. The van der Waals surface area contributed by atoms with Gasteiger partial charge in [0.1, 0.15) is 13.2 Å². The summed E-state index contributed by atoms with van der Waals surface area (Å²) in [6.45, 7) is 1.10. The first-order valence-corrected chi connectivity index (χ1v) is 5.24. The van der Waals surface area contributed by atoms with Gasteiger partial charge in [-0.3, -0.25) is 0 Å². The maximum absolute atomic E-state index is 12.6. The molecule has 0 bridgehead atoms. The highest BCUT2D eigenvalue weighted by molar-refractivity contribution is 4.62. The minimum Gasteiger partial charge on any atom is -0.373 e. The Kier molecular flexibility index (Phi) is 6.90. The average Bonchev–Trinajstić information content (AvgIpc) is 2.23. The predicted octanol–water partition coefficient (Wildman–Crippen LogP) is 3.11. The van der Waals surface area contributed by atoms with Crippen LogP contribution in [0.25, 0.3) is 0 Å². The number of alkyl halides is 4. The highest BCUT2D eigenvalue weighted by Crippen LogP contribution is 2.18. The quantitative estimate of drug-likeness (QED) is 0.459. The van der Waals surface area contributed by atoms with Gasteiger partial charge in [-0.05, 0) is 0 Å². The van der Waals surface area contributed by atoms with Gasteiger partial charge < -0.3 is 9.47 Å². The molecule has 6 heteroatoms. The summed E-state index contributed by atoms with van der Waals surface area (Å²) in [6, 6.07) is 0. The summed E-state index contributed by atoms with van der Waals surface area (Å²) >= 11 is 0. The summed E-state index contributed by atoms with van der Waals surface area (Å²) in [4.78, 5) is 0. The fourth-order valence-electron chi connectivity index (χ4n) is 0.765. The molecule has 0 radical (unpaired) electrons. The van der Waals surface area contributed by atoms with E-state index in [2.05, 4.69) is 9.47 Å². The zero-order chi connectivity index (χ0) is 12.7. The Bertz CT molecular complexity index is 166. The van der Waals surface area contributed by atoms with Gasteiger partial charge in [0.25, 0.3) is 11.8 Å². The Morgan fingerprint density at radius 1 is 0.750 bits per heavy atom. The van der Waals surface area contributed by atoms with Crippen molar-refractivity contribution in [3.63, 3.8) is 0 Å². The first-order chi connectivity index (χ1) is 7.33. The lowest BCUT2D eigenvalue weighted by molar-refractivity contribution is -0.108. The second-order valence-corrected chi connectivity index (χ2v) is 3.52. The molecule has 0 aromatic rings. The van der Waals surface area contributed by atoms with Crippen LogP contribution in [0.4, 0.5) is 17.6 Å². The molecule has 0 saturated heterocycles. The summed E-state index contributed by atoms with van der Waals surface area (Å²) in [5, 5.41) is 0. The highest BCUT2D eigenvalue weighted by Gasteiger charge is 2.27. The van der Waals surface area contributed by atoms with Gasteiger partial charge >= 0.3 is 0 Å². The van der Waals surface area contributed by atoms with Crippen molar-refractivity contribution in [3.05, 3.63) is 0 Å². The van der Waals surface area contributed by atoms with Crippen molar-refractivity contribution in [1.29, 1.82) is 0 Å². The van der Waals surface area contributed by atoms with Crippen molar-refractivity contribution >= 4 is 0 Å². The van der Waals surface area contributed by atoms with Crippen LogP contribution >= 0.6 is 0 Å². The van der Waals surface area contributed by atoms with E-state index < -0.39 is 25.1 Å². The first kappa shape index (κ1) is 15.6. The van der Waals surface area contributed by atoms with E-state index in [0.717, 1.165) is 0 Å². The molecule has 0 saturated carbocycles. The Balaban J connectivity index is 3.42. The fourth-order valence-corrected chi connectivity index (χ4v) is 0.765. The van der Waals surface area contributed by atoms with Crippen molar-refractivity contribution < 1.29 is 27.0 Å². The van der Waals surface area contributed by atoms with Gasteiger partial charge in [-0.15, -0.1) is 0 Å². The van der Waals surface area contributed by atoms with Crippen molar-refractivity contribution in [3.8, 4) is 0 Å². The predicted molar refractivity (Wildman–Crippen MR) is 52.1 cm³/mol. The summed E-state index contributed by atoms with van der Waals surface area (Å²) in [6.07, 6.45) is -0.608. The monoisotopic (exact) mass is 246 g/mol.